The van der Waals surface area contributed by atoms with E-state index in [0.717, 1.165) is 62.6 Å². The van der Waals surface area contributed by atoms with E-state index in [1.54, 1.807) is 0 Å². The Balaban J connectivity index is 1.78. The first kappa shape index (κ1) is 18.2. The van der Waals surface area contributed by atoms with Crippen molar-refractivity contribution in [3.05, 3.63) is 18.2 Å². The highest BCUT2D eigenvalue weighted by atomic mass is 32.2. The molecule has 1 aliphatic rings. The molecule has 2 rings (SSSR count). The zero-order chi connectivity index (χ0) is 16.5. The lowest BCUT2D eigenvalue weighted by atomic mass is 10.3. The van der Waals surface area contributed by atoms with Gasteiger partial charge in [-0.1, -0.05) is 6.92 Å². The van der Waals surface area contributed by atoms with E-state index >= 15 is 0 Å². The molecular weight excluding hydrogens is 306 g/mol. The van der Waals surface area contributed by atoms with E-state index in [1.165, 1.54) is 12.2 Å². The van der Waals surface area contributed by atoms with Gasteiger partial charge in [-0.15, -0.1) is 0 Å². The van der Waals surface area contributed by atoms with Crippen molar-refractivity contribution in [2.45, 2.75) is 51.8 Å². The van der Waals surface area contributed by atoms with Crippen molar-refractivity contribution >= 4 is 17.7 Å². The molecule has 2 heterocycles. The standard InChI is InChI=1S/C17H31N5S/c1-4-16-14-22(12-13-23-16)17(18-5-2)20-8-6-7-10-21-11-9-19-15(21)3/h9,11,16H,4-8,10,12-14H2,1-3H3,(H,18,20). The van der Waals surface area contributed by atoms with Crippen LogP contribution in [0.3, 0.4) is 0 Å². The van der Waals surface area contributed by atoms with Crippen LogP contribution in [0, 0.1) is 6.92 Å². The van der Waals surface area contributed by atoms with Crippen LogP contribution in [0.2, 0.25) is 0 Å². The molecule has 1 aromatic heterocycles. The molecule has 23 heavy (non-hydrogen) atoms. The summed E-state index contributed by atoms with van der Waals surface area (Å²) in [6, 6.07) is 0. The Morgan fingerprint density at radius 3 is 3.00 bits per heavy atom. The summed E-state index contributed by atoms with van der Waals surface area (Å²) in [5.41, 5.74) is 0. The molecular formula is C17H31N5S. The summed E-state index contributed by atoms with van der Waals surface area (Å²) in [7, 11) is 0. The molecule has 1 saturated heterocycles. The van der Waals surface area contributed by atoms with Gasteiger partial charge in [0.05, 0.1) is 0 Å². The Morgan fingerprint density at radius 2 is 2.30 bits per heavy atom. The summed E-state index contributed by atoms with van der Waals surface area (Å²) in [6.45, 7) is 11.6. The summed E-state index contributed by atoms with van der Waals surface area (Å²) in [4.78, 5) is 11.5. The number of imidazole rings is 1. The first-order valence-electron chi connectivity index (χ1n) is 8.87. The van der Waals surface area contributed by atoms with E-state index in [1.807, 2.05) is 6.20 Å². The monoisotopic (exact) mass is 337 g/mol. The molecule has 0 radical (unpaired) electrons. The van der Waals surface area contributed by atoms with Crippen molar-refractivity contribution in [3.63, 3.8) is 0 Å². The van der Waals surface area contributed by atoms with Crippen molar-refractivity contribution in [2.75, 3.05) is 31.9 Å². The lowest BCUT2D eigenvalue weighted by Crippen LogP contribution is -2.48. The molecule has 0 spiro atoms. The zero-order valence-corrected chi connectivity index (χ0v) is 15.6. The Bertz CT molecular complexity index is 485. The van der Waals surface area contributed by atoms with Gasteiger partial charge < -0.3 is 14.8 Å². The van der Waals surface area contributed by atoms with Gasteiger partial charge in [0, 0.05) is 56.1 Å². The minimum absolute atomic E-state index is 0.747. The third-order valence-corrected chi connectivity index (χ3v) is 5.59. The second kappa shape index (κ2) is 9.85. The van der Waals surface area contributed by atoms with Crippen LogP contribution in [0.15, 0.2) is 17.4 Å². The summed E-state index contributed by atoms with van der Waals surface area (Å²) in [6.07, 6.45) is 7.43. The van der Waals surface area contributed by atoms with Gasteiger partial charge in [-0.25, -0.2) is 4.98 Å². The SMILES string of the molecule is CCNC(=NCCCCn1ccnc1C)N1CCSC(CC)C1. The molecule has 1 aliphatic heterocycles. The second-order valence-electron chi connectivity index (χ2n) is 5.96. The van der Waals surface area contributed by atoms with Crippen molar-refractivity contribution in [2.24, 2.45) is 4.99 Å². The van der Waals surface area contributed by atoms with Crippen LogP contribution in [0.1, 0.15) is 38.9 Å². The second-order valence-corrected chi connectivity index (χ2v) is 7.37. The van der Waals surface area contributed by atoms with Crippen LogP contribution in [-0.2, 0) is 6.54 Å². The normalized spacial score (nSPS) is 19.2. The average Bonchev–Trinajstić information content (AvgIpc) is 2.98. The molecule has 1 fully saturated rings. The van der Waals surface area contributed by atoms with Gasteiger partial charge in [0.15, 0.2) is 5.96 Å². The molecule has 1 unspecified atom stereocenters. The largest absolute Gasteiger partial charge is 0.357 e. The summed E-state index contributed by atoms with van der Waals surface area (Å²) in [5.74, 6) is 3.41. The number of thioether (sulfide) groups is 1. The van der Waals surface area contributed by atoms with Crippen molar-refractivity contribution in [1.82, 2.24) is 19.8 Å². The van der Waals surface area contributed by atoms with Gasteiger partial charge in [0.1, 0.15) is 5.82 Å². The highest BCUT2D eigenvalue weighted by Gasteiger charge is 2.21. The number of hydrogen-bond acceptors (Lipinski definition) is 3. The molecule has 0 amide bonds. The fourth-order valence-corrected chi connectivity index (χ4v) is 3.98. The predicted molar refractivity (Wildman–Crippen MR) is 100 cm³/mol. The average molecular weight is 338 g/mol. The Labute approximate surface area is 145 Å². The van der Waals surface area contributed by atoms with Crippen LogP contribution in [-0.4, -0.2) is 57.6 Å². The molecule has 0 aliphatic carbocycles. The highest BCUT2D eigenvalue weighted by molar-refractivity contribution is 8.00. The van der Waals surface area contributed by atoms with E-state index in [4.69, 9.17) is 4.99 Å². The van der Waals surface area contributed by atoms with E-state index in [9.17, 15) is 0 Å². The number of aromatic nitrogens is 2. The third-order valence-electron chi connectivity index (χ3n) is 4.22. The molecule has 1 atom stereocenters. The Morgan fingerprint density at radius 1 is 1.43 bits per heavy atom. The molecule has 1 N–H and O–H groups in total. The maximum Gasteiger partial charge on any atom is 0.193 e. The molecule has 6 heteroatoms. The van der Waals surface area contributed by atoms with E-state index in [2.05, 4.69) is 58.5 Å². The number of nitrogens with zero attached hydrogens (tertiary/aromatic N) is 4. The smallest absolute Gasteiger partial charge is 0.193 e. The molecule has 130 valence electrons. The molecule has 1 aromatic rings. The van der Waals surface area contributed by atoms with Gasteiger partial charge >= 0.3 is 0 Å². The number of guanidine groups is 1. The van der Waals surface area contributed by atoms with E-state index < -0.39 is 0 Å². The minimum Gasteiger partial charge on any atom is -0.357 e. The lowest BCUT2D eigenvalue weighted by Gasteiger charge is -2.34. The molecule has 0 aromatic carbocycles. The van der Waals surface area contributed by atoms with Gasteiger partial charge in [-0.3, -0.25) is 4.99 Å². The summed E-state index contributed by atoms with van der Waals surface area (Å²) in [5, 5.41) is 4.21. The van der Waals surface area contributed by atoms with Gasteiger partial charge in [-0.05, 0) is 33.1 Å². The lowest BCUT2D eigenvalue weighted by molar-refractivity contribution is 0.408. The first-order chi connectivity index (χ1) is 11.2. The Kier molecular flexibility index (Phi) is 7.79. The third kappa shape index (κ3) is 5.75. The van der Waals surface area contributed by atoms with Crippen molar-refractivity contribution in [1.29, 1.82) is 0 Å². The number of unbranched alkanes of at least 4 members (excludes halogenated alkanes) is 1. The first-order valence-corrected chi connectivity index (χ1v) is 9.92. The molecule has 0 saturated carbocycles. The topological polar surface area (TPSA) is 45.5 Å². The number of aryl methyl sites for hydroxylation is 2. The van der Waals surface area contributed by atoms with Crippen molar-refractivity contribution < 1.29 is 0 Å². The fourth-order valence-electron chi connectivity index (χ4n) is 2.80. The number of rotatable bonds is 7. The van der Waals surface area contributed by atoms with Crippen LogP contribution in [0.5, 0.6) is 0 Å². The van der Waals surface area contributed by atoms with E-state index in [0.29, 0.717) is 0 Å². The molecule has 0 bridgehead atoms. The van der Waals surface area contributed by atoms with Gasteiger partial charge in [0.25, 0.3) is 0 Å². The molecule has 5 nitrogen and oxygen atoms in total. The van der Waals surface area contributed by atoms with Crippen LogP contribution in [0.4, 0.5) is 0 Å². The Hall–Kier alpha value is -1.17. The van der Waals surface area contributed by atoms with Crippen molar-refractivity contribution in [3.8, 4) is 0 Å². The van der Waals surface area contributed by atoms with Crippen LogP contribution in [0.25, 0.3) is 0 Å². The number of aliphatic imine (C=N–C) groups is 1. The highest BCUT2D eigenvalue weighted by Crippen LogP contribution is 2.21. The summed E-state index contributed by atoms with van der Waals surface area (Å²) >= 11 is 2.10. The van der Waals surface area contributed by atoms with Crippen LogP contribution < -0.4 is 5.32 Å². The fraction of sp³-hybridized carbons (Fsp3) is 0.765. The minimum atomic E-state index is 0.747. The van der Waals surface area contributed by atoms with E-state index in [-0.39, 0.29) is 0 Å². The quantitative estimate of drug-likeness (QED) is 0.472. The maximum atomic E-state index is 4.84. The van der Waals surface area contributed by atoms with Crippen LogP contribution >= 0.6 is 11.8 Å². The maximum absolute atomic E-state index is 4.84. The number of nitrogens with one attached hydrogen (secondary N) is 1. The summed E-state index contributed by atoms with van der Waals surface area (Å²) < 4.78 is 2.21. The zero-order valence-electron chi connectivity index (χ0n) is 14.8. The predicted octanol–water partition coefficient (Wildman–Crippen LogP) is 2.76. The van der Waals surface area contributed by atoms with Gasteiger partial charge in [-0.2, -0.15) is 11.8 Å². The number of hydrogen-bond donors (Lipinski definition) is 1. The van der Waals surface area contributed by atoms with Gasteiger partial charge in [0.2, 0.25) is 0 Å².